The van der Waals surface area contributed by atoms with Crippen LogP contribution in [-0.2, 0) is 17.9 Å². The minimum Gasteiger partial charge on any atom is -0.380 e. The minimum atomic E-state index is -0.651. The number of benzene rings is 2. The van der Waals surface area contributed by atoms with Gasteiger partial charge in [-0.3, -0.25) is 4.79 Å². The molecule has 0 aromatic heterocycles. The Bertz CT molecular complexity index is 748. The molecule has 0 heterocycles. The zero-order chi connectivity index (χ0) is 18.2. The monoisotopic (exact) mass is 345 g/mol. The summed E-state index contributed by atoms with van der Waals surface area (Å²) in [6, 6.07) is 11.0. The molecule has 0 aliphatic carbocycles. The van der Waals surface area contributed by atoms with Crippen molar-refractivity contribution in [1.82, 2.24) is 10.6 Å². The highest BCUT2D eigenvalue weighted by molar-refractivity contribution is 5.97. The van der Waals surface area contributed by atoms with Gasteiger partial charge in [0, 0.05) is 26.4 Å². The van der Waals surface area contributed by atoms with Gasteiger partial charge in [-0.25, -0.2) is 9.18 Å². The lowest BCUT2D eigenvalue weighted by molar-refractivity contribution is 0.0959. The van der Waals surface area contributed by atoms with Gasteiger partial charge in [-0.15, -0.1) is 0 Å². The van der Waals surface area contributed by atoms with Crippen LogP contribution >= 0.6 is 0 Å². The molecule has 7 heteroatoms. The van der Waals surface area contributed by atoms with Gasteiger partial charge in [0.25, 0.3) is 5.91 Å². The third kappa shape index (κ3) is 5.29. The summed E-state index contributed by atoms with van der Waals surface area (Å²) in [5.41, 5.74) is 2.17. The maximum atomic E-state index is 13.6. The van der Waals surface area contributed by atoms with Crippen molar-refractivity contribution in [2.24, 2.45) is 0 Å². The average molecular weight is 345 g/mol. The fourth-order valence-corrected chi connectivity index (χ4v) is 2.19. The minimum absolute atomic E-state index is 0.131. The second-order valence-electron chi connectivity index (χ2n) is 5.33. The highest BCUT2D eigenvalue weighted by atomic mass is 19.1. The van der Waals surface area contributed by atoms with Gasteiger partial charge in [0.1, 0.15) is 5.82 Å². The highest BCUT2D eigenvalue weighted by Gasteiger charge is 2.12. The normalized spacial score (nSPS) is 10.2. The first-order valence-corrected chi connectivity index (χ1v) is 7.66. The largest absolute Gasteiger partial charge is 0.380 e. The van der Waals surface area contributed by atoms with E-state index in [1.165, 1.54) is 19.2 Å². The van der Waals surface area contributed by atoms with Crippen molar-refractivity contribution in [3.63, 3.8) is 0 Å². The number of carbonyl (C=O) groups is 2. The number of hydrogen-bond donors (Lipinski definition) is 3. The standard InChI is InChI=1S/C18H20FN3O3/c1-20-17(23)15-9-14(7-8-16(15)19)22-18(24)21-10-12-3-5-13(6-4-12)11-25-2/h3-9H,10-11H2,1-2H3,(H,20,23)(H2,21,22,24). The lowest BCUT2D eigenvalue weighted by Crippen LogP contribution is -2.28. The van der Waals surface area contributed by atoms with E-state index in [0.717, 1.165) is 17.2 Å². The molecule has 132 valence electrons. The predicted octanol–water partition coefficient (Wildman–Crippen LogP) is 2.65. The fraction of sp³-hybridized carbons (Fsp3) is 0.222. The SMILES string of the molecule is CNC(=O)c1cc(NC(=O)NCc2ccc(COC)cc2)ccc1F. The predicted molar refractivity (Wildman–Crippen MR) is 92.8 cm³/mol. The first-order valence-electron chi connectivity index (χ1n) is 7.66. The first kappa shape index (κ1) is 18.4. The Balaban J connectivity index is 1.93. The summed E-state index contributed by atoms with van der Waals surface area (Å²) in [5.74, 6) is -1.21. The summed E-state index contributed by atoms with van der Waals surface area (Å²) in [6.07, 6.45) is 0. The van der Waals surface area contributed by atoms with E-state index in [-0.39, 0.29) is 5.56 Å². The van der Waals surface area contributed by atoms with Crippen LogP contribution in [0.5, 0.6) is 0 Å². The van der Waals surface area contributed by atoms with Crippen LogP contribution in [0.3, 0.4) is 0 Å². The summed E-state index contributed by atoms with van der Waals surface area (Å²) >= 11 is 0. The lowest BCUT2D eigenvalue weighted by Gasteiger charge is -2.10. The zero-order valence-corrected chi connectivity index (χ0v) is 14.1. The van der Waals surface area contributed by atoms with Crippen molar-refractivity contribution in [2.45, 2.75) is 13.2 Å². The molecule has 0 spiro atoms. The van der Waals surface area contributed by atoms with Gasteiger partial charge in [-0.1, -0.05) is 24.3 Å². The zero-order valence-electron chi connectivity index (χ0n) is 14.1. The molecule has 2 aromatic carbocycles. The van der Waals surface area contributed by atoms with E-state index in [1.54, 1.807) is 7.11 Å². The summed E-state index contributed by atoms with van der Waals surface area (Å²) in [6.45, 7) is 0.870. The van der Waals surface area contributed by atoms with Gasteiger partial charge in [-0.2, -0.15) is 0 Å². The van der Waals surface area contributed by atoms with Crippen molar-refractivity contribution < 1.29 is 18.7 Å². The van der Waals surface area contributed by atoms with Crippen LogP contribution in [0.2, 0.25) is 0 Å². The highest BCUT2D eigenvalue weighted by Crippen LogP contribution is 2.15. The Morgan fingerprint density at radius 3 is 2.40 bits per heavy atom. The van der Waals surface area contributed by atoms with Gasteiger partial charge in [0.2, 0.25) is 0 Å². The van der Waals surface area contributed by atoms with E-state index in [9.17, 15) is 14.0 Å². The molecule has 0 atom stereocenters. The lowest BCUT2D eigenvalue weighted by atomic mass is 10.1. The van der Waals surface area contributed by atoms with E-state index in [1.807, 2.05) is 24.3 Å². The molecule has 3 amide bonds. The van der Waals surface area contributed by atoms with E-state index in [0.29, 0.717) is 18.8 Å². The molecule has 2 rings (SSSR count). The number of urea groups is 1. The van der Waals surface area contributed by atoms with Crippen LogP contribution in [-0.4, -0.2) is 26.1 Å². The summed E-state index contributed by atoms with van der Waals surface area (Å²) in [4.78, 5) is 23.5. The van der Waals surface area contributed by atoms with Crippen molar-refractivity contribution in [3.8, 4) is 0 Å². The number of halogens is 1. The Morgan fingerprint density at radius 1 is 1.08 bits per heavy atom. The number of methoxy groups -OCH3 is 1. The Morgan fingerprint density at radius 2 is 1.76 bits per heavy atom. The fourth-order valence-electron chi connectivity index (χ4n) is 2.19. The van der Waals surface area contributed by atoms with E-state index in [2.05, 4.69) is 16.0 Å². The molecule has 2 aromatic rings. The van der Waals surface area contributed by atoms with Crippen LogP contribution in [0.15, 0.2) is 42.5 Å². The average Bonchev–Trinajstić information content (AvgIpc) is 2.62. The number of amides is 3. The van der Waals surface area contributed by atoms with Crippen molar-refractivity contribution in [3.05, 3.63) is 65.0 Å². The molecule has 0 radical (unpaired) electrons. The third-order valence-electron chi connectivity index (χ3n) is 3.48. The van der Waals surface area contributed by atoms with E-state index < -0.39 is 17.8 Å². The number of hydrogen-bond acceptors (Lipinski definition) is 3. The van der Waals surface area contributed by atoms with Gasteiger partial charge >= 0.3 is 6.03 Å². The molecule has 25 heavy (non-hydrogen) atoms. The molecular weight excluding hydrogens is 325 g/mol. The molecule has 6 nitrogen and oxygen atoms in total. The van der Waals surface area contributed by atoms with Gasteiger partial charge in [0.05, 0.1) is 12.2 Å². The summed E-state index contributed by atoms with van der Waals surface area (Å²) < 4.78 is 18.6. The molecule has 0 unspecified atom stereocenters. The van der Waals surface area contributed by atoms with Crippen LogP contribution in [0.4, 0.5) is 14.9 Å². The van der Waals surface area contributed by atoms with Crippen LogP contribution in [0.1, 0.15) is 21.5 Å². The van der Waals surface area contributed by atoms with Crippen molar-refractivity contribution >= 4 is 17.6 Å². The van der Waals surface area contributed by atoms with E-state index >= 15 is 0 Å². The number of nitrogens with one attached hydrogen (secondary N) is 3. The molecule has 0 bridgehead atoms. The first-order chi connectivity index (χ1) is 12.0. The number of ether oxygens (including phenoxy) is 1. The number of rotatable bonds is 6. The Kier molecular flexibility index (Phi) is 6.47. The molecule has 3 N–H and O–H groups in total. The summed E-state index contributed by atoms with van der Waals surface area (Å²) in [7, 11) is 3.04. The molecule has 0 aliphatic heterocycles. The second kappa shape index (κ2) is 8.79. The summed E-state index contributed by atoms with van der Waals surface area (Å²) in [5, 5.41) is 7.62. The quantitative estimate of drug-likeness (QED) is 0.753. The Labute approximate surface area is 145 Å². The van der Waals surface area contributed by atoms with E-state index in [4.69, 9.17) is 4.74 Å². The topological polar surface area (TPSA) is 79.5 Å². The van der Waals surface area contributed by atoms with Gasteiger partial charge in [-0.05, 0) is 29.3 Å². The number of carbonyl (C=O) groups excluding carboxylic acids is 2. The molecular formula is C18H20FN3O3. The van der Waals surface area contributed by atoms with Crippen molar-refractivity contribution in [2.75, 3.05) is 19.5 Å². The van der Waals surface area contributed by atoms with Crippen LogP contribution in [0.25, 0.3) is 0 Å². The van der Waals surface area contributed by atoms with Crippen LogP contribution in [0, 0.1) is 5.82 Å². The molecule has 0 saturated carbocycles. The molecule has 0 fully saturated rings. The van der Waals surface area contributed by atoms with Crippen molar-refractivity contribution in [1.29, 1.82) is 0 Å². The van der Waals surface area contributed by atoms with Gasteiger partial charge in [0.15, 0.2) is 0 Å². The smallest absolute Gasteiger partial charge is 0.319 e. The maximum absolute atomic E-state index is 13.6. The maximum Gasteiger partial charge on any atom is 0.319 e. The Hall–Kier alpha value is -2.93. The van der Waals surface area contributed by atoms with Crippen LogP contribution < -0.4 is 16.0 Å². The molecule has 0 aliphatic rings. The molecule has 0 saturated heterocycles. The number of anilines is 1. The van der Waals surface area contributed by atoms with Gasteiger partial charge < -0.3 is 20.7 Å². The second-order valence-corrected chi connectivity index (χ2v) is 5.33. The third-order valence-corrected chi connectivity index (χ3v) is 3.48.